The van der Waals surface area contributed by atoms with Gasteiger partial charge in [0.05, 0.1) is 15.6 Å². The predicted molar refractivity (Wildman–Crippen MR) is 143 cm³/mol. The highest BCUT2D eigenvalue weighted by molar-refractivity contribution is 8.18. The van der Waals surface area contributed by atoms with Crippen molar-refractivity contribution in [1.29, 1.82) is 0 Å². The van der Waals surface area contributed by atoms with Crippen LogP contribution < -0.4 is 10.2 Å². The number of thioether (sulfide) groups is 1. The Kier molecular flexibility index (Phi) is 7.65. The van der Waals surface area contributed by atoms with Crippen LogP contribution in [0.3, 0.4) is 0 Å². The lowest BCUT2D eigenvalue weighted by molar-refractivity contribution is -0.115. The average molecular weight is 543 g/mol. The van der Waals surface area contributed by atoms with E-state index in [-0.39, 0.29) is 11.1 Å². The number of halogens is 2. The fraction of sp³-hybridized carbons (Fsp3) is 0.308. The van der Waals surface area contributed by atoms with E-state index in [9.17, 15) is 9.59 Å². The summed E-state index contributed by atoms with van der Waals surface area (Å²) < 4.78 is 6.02. The van der Waals surface area contributed by atoms with Crippen molar-refractivity contribution in [2.75, 3.05) is 18.0 Å². The molecule has 2 amide bonds. The molecule has 186 valence electrons. The van der Waals surface area contributed by atoms with Gasteiger partial charge in [-0.25, -0.2) is 9.97 Å². The first-order valence-corrected chi connectivity index (χ1v) is 13.4. The van der Waals surface area contributed by atoms with Crippen LogP contribution in [-0.2, 0) is 11.2 Å². The highest BCUT2D eigenvalue weighted by Gasteiger charge is 2.26. The van der Waals surface area contributed by atoms with E-state index in [1.54, 1.807) is 24.4 Å². The molecule has 7 nitrogen and oxygen atoms in total. The summed E-state index contributed by atoms with van der Waals surface area (Å²) in [6.45, 7) is 1.77. The number of aryl methyl sites for hydroxylation is 1. The molecule has 1 aromatic carbocycles. The Balaban J connectivity index is 1.10. The molecule has 5 rings (SSSR count). The van der Waals surface area contributed by atoms with Gasteiger partial charge in [0.25, 0.3) is 11.1 Å². The van der Waals surface area contributed by atoms with Gasteiger partial charge in [-0.15, -0.1) is 0 Å². The van der Waals surface area contributed by atoms with Crippen LogP contribution in [0.5, 0.6) is 0 Å². The number of piperidine rings is 1. The van der Waals surface area contributed by atoms with Crippen molar-refractivity contribution >= 4 is 58.1 Å². The first-order chi connectivity index (χ1) is 17.4. The number of hydrogen-bond donors (Lipinski definition) is 1. The standard InChI is InChI=1S/C26H24Cl2N4O3S/c27-17-4-6-20(21(28)14-17)22-7-5-19(35-22)3-1-2-16-9-12-32(13-10-16)25-29-11-8-18(30-25)15-23-24(33)31-26(34)36-23/h4-8,11,14-16H,1-3,9-10,12-13H2,(H,31,33,34)/b23-15-. The maximum absolute atomic E-state index is 11.8. The monoisotopic (exact) mass is 542 g/mol. The Morgan fingerprint density at radius 3 is 2.72 bits per heavy atom. The molecule has 2 aliphatic rings. The molecule has 36 heavy (non-hydrogen) atoms. The van der Waals surface area contributed by atoms with E-state index in [1.807, 2.05) is 24.3 Å². The zero-order valence-corrected chi connectivity index (χ0v) is 21.7. The fourth-order valence-electron chi connectivity index (χ4n) is 4.48. The van der Waals surface area contributed by atoms with Gasteiger partial charge >= 0.3 is 0 Å². The van der Waals surface area contributed by atoms with Crippen molar-refractivity contribution in [3.05, 3.63) is 69.0 Å². The molecule has 2 fully saturated rings. The van der Waals surface area contributed by atoms with Gasteiger partial charge in [0, 0.05) is 36.3 Å². The number of benzene rings is 1. The molecule has 0 bridgehead atoms. The predicted octanol–water partition coefficient (Wildman–Crippen LogP) is 6.61. The third-order valence-electron chi connectivity index (χ3n) is 6.38. The van der Waals surface area contributed by atoms with Crippen LogP contribution in [0.4, 0.5) is 10.7 Å². The minimum absolute atomic E-state index is 0.350. The number of rotatable bonds is 7. The minimum Gasteiger partial charge on any atom is -0.461 e. The summed E-state index contributed by atoms with van der Waals surface area (Å²) in [7, 11) is 0. The van der Waals surface area contributed by atoms with Gasteiger partial charge in [0.2, 0.25) is 5.95 Å². The lowest BCUT2D eigenvalue weighted by Crippen LogP contribution is -2.35. The van der Waals surface area contributed by atoms with Crippen molar-refractivity contribution in [1.82, 2.24) is 15.3 Å². The van der Waals surface area contributed by atoms with Crippen molar-refractivity contribution in [2.24, 2.45) is 5.92 Å². The normalized spacial score (nSPS) is 17.7. The van der Waals surface area contributed by atoms with Crippen LogP contribution in [0.1, 0.15) is 37.1 Å². The molecule has 0 unspecified atom stereocenters. The molecular weight excluding hydrogens is 519 g/mol. The molecule has 2 aromatic heterocycles. The van der Waals surface area contributed by atoms with Crippen LogP contribution in [0.2, 0.25) is 10.0 Å². The van der Waals surface area contributed by atoms with Gasteiger partial charge in [-0.3, -0.25) is 14.9 Å². The molecule has 0 aliphatic carbocycles. The van der Waals surface area contributed by atoms with Gasteiger partial charge in [-0.1, -0.05) is 23.2 Å². The summed E-state index contributed by atoms with van der Waals surface area (Å²) in [5.41, 5.74) is 1.47. The summed E-state index contributed by atoms with van der Waals surface area (Å²) in [4.78, 5) is 34.7. The molecule has 0 spiro atoms. The zero-order chi connectivity index (χ0) is 25.1. The minimum atomic E-state index is -0.384. The highest BCUT2D eigenvalue weighted by Crippen LogP contribution is 2.32. The quantitative estimate of drug-likeness (QED) is 0.336. The molecule has 2 saturated heterocycles. The number of carbonyl (C=O) groups excluding carboxylic acids is 2. The number of nitrogens with zero attached hydrogens (tertiary/aromatic N) is 3. The molecule has 10 heteroatoms. The molecule has 4 heterocycles. The fourth-order valence-corrected chi connectivity index (χ4v) is 5.65. The maximum atomic E-state index is 11.8. The average Bonchev–Trinajstić information content (AvgIpc) is 3.45. The molecule has 3 aromatic rings. The Hall–Kier alpha value is -2.81. The number of hydrogen-bond acceptors (Lipinski definition) is 7. The molecular formula is C26H24Cl2N4O3S. The van der Waals surface area contributed by atoms with Gasteiger partial charge in [-0.05, 0) is 85.8 Å². The molecule has 2 aliphatic heterocycles. The third-order valence-corrected chi connectivity index (χ3v) is 7.74. The summed E-state index contributed by atoms with van der Waals surface area (Å²) in [6, 6.07) is 11.1. The smallest absolute Gasteiger partial charge is 0.290 e. The SMILES string of the molecule is O=C1NC(=O)/C(=C/c2ccnc(N3CCC(CCCc4ccc(-c5ccc(Cl)cc5Cl)o4)CC3)n2)S1. The van der Waals surface area contributed by atoms with E-state index in [0.717, 1.165) is 74.0 Å². The number of imide groups is 1. The van der Waals surface area contributed by atoms with Gasteiger partial charge in [-0.2, -0.15) is 0 Å². The number of aromatic nitrogens is 2. The second-order valence-electron chi connectivity index (χ2n) is 8.85. The van der Waals surface area contributed by atoms with E-state index in [1.165, 1.54) is 0 Å². The van der Waals surface area contributed by atoms with Crippen molar-refractivity contribution in [3.63, 3.8) is 0 Å². The van der Waals surface area contributed by atoms with E-state index in [0.29, 0.717) is 32.5 Å². The Morgan fingerprint density at radius 1 is 1.14 bits per heavy atom. The second-order valence-corrected chi connectivity index (χ2v) is 10.7. The highest BCUT2D eigenvalue weighted by atomic mass is 35.5. The largest absolute Gasteiger partial charge is 0.461 e. The Bertz CT molecular complexity index is 1320. The van der Waals surface area contributed by atoms with E-state index in [4.69, 9.17) is 27.6 Å². The first-order valence-electron chi connectivity index (χ1n) is 11.8. The molecule has 1 N–H and O–H groups in total. The summed E-state index contributed by atoms with van der Waals surface area (Å²) in [5, 5.41) is 3.08. The molecule has 0 atom stereocenters. The summed E-state index contributed by atoms with van der Waals surface area (Å²) in [5.74, 6) is 2.64. The number of amides is 2. The zero-order valence-electron chi connectivity index (χ0n) is 19.4. The van der Waals surface area contributed by atoms with E-state index >= 15 is 0 Å². The summed E-state index contributed by atoms with van der Waals surface area (Å²) >= 11 is 13.2. The number of furan rings is 1. The lowest BCUT2D eigenvalue weighted by Gasteiger charge is -2.32. The van der Waals surface area contributed by atoms with Gasteiger partial charge < -0.3 is 9.32 Å². The van der Waals surface area contributed by atoms with Gasteiger partial charge in [0.1, 0.15) is 11.5 Å². The number of carbonyl (C=O) groups is 2. The maximum Gasteiger partial charge on any atom is 0.290 e. The second kappa shape index (κ2) is 11.1. The van der Waals surface area contributed by atoms with Crippen LogP contribution >= 0.6 is 35.0 Å². The molecule has 0 radical (unpaired) electrons. The Morgan fingerprint density at radius 2 is 1.97 bits per heavy atom. The Labute approximate surface area is 223 Å². The van der Waals surface area contributed by atoms with Crippen LogP contribution in [0.15, 0.2) is 51.9 Å². The van der Waals surface area contributed by atoms with Crippen molar-refractivity contribution in [3.8, 4) is 11.3 Å². The topological polar surface area (TPSA) is 88.3 Å². The number of anilines is 1. The first kappa shape index (κ1) is 24.9. The van der Waals surface area contributed by atoms with Gasteiger partial charge in [0.15, 0.2) is 0 Å². The van der Waals surface area contributed by atoms with Crippen molar-refractivity contribution < 1.29 is 14.0 Å². The van der Waals surface area contributed by atoms with Crippen LogP contribution in [-0.4, -0.2) is 34.2 Å². The molecule has 0 saturated carbocycles. The van der Waals surface area contributed by atoms with E-state index < -0.39 is 0 Å². The van der Waals surface area contributed by atoms with Crippen LogP contribution in [0.25, 0.3) is 17.4 Å². The summed E-state index contributed by atoms with van der Waals surface area (Å²) in [6.07, 6.45) is 8.55. The van der Waals surface area contributed by atoms with Crippen LogP contribution in [0, 0.1) is 5.92 Å². The number of nitrogens with one attached hydrogen (secondary N) is 1. The van der Waals surface area contributed by atoms with E-state index in [2.05, 4.69) is 20.2 Å². The third kappa shape index (κ3) is 5.94. The lowest BCUT2D eigenvalue weighted by atomic mass is 9.91. The van der Waals surface area contributed by atoms with Crippen molar-refractivity contribution in [2.45, 2.75) is 32.1 Å².